The molecule has 0 nitrogen and oxygen atoms in total. The van der Waals surface area contributed by atoms with Crippen molar-refractivity contribution in [2.45, 2.75) is 25.7 Å². The van der Waals surface area contributed by atoms with Crippen molar-refractivity contribution in [3.05, 3.63) is 187 Å². The summed E-state index contributed by atoms with van der Waals surface area (Å²) in [5, 5.41) is 7.85. The van der Waals surface area contributed by atoms with Crippen LogP contribution in [0.4, 0.5) is 0 Å². The first kappa shape index (κ1) is 28.5. The molecular weight excluding hydrogens is 577 g/mol. The standard InChI is InChI=1S/C48H36/c1-2-4-6-17-33(18-7-5-3-1)35-21-16-22-37(31-35)46-40-25-12-14-27-42(40)48(43-28-15-13-26-41(43)46)45-32-36-20-9-11-24-39(36)47-38-23-10-8-19-34(38)29-30-44(45)47/h1-4,7-28,31-32H,5-6,29-30H2/b3-1-,4-2-,18-7-,33-17+. The molecule has 2 aliphatic rings. The Labute approximate surface area is 282 Å². The molecule has 0 radical (unpaired) electrons. The Morgan fingerprint density at radius 2 is 1.06 bits per heavy atom. The van der Waals surface area contributed by atoms with Gasteiger partial charge in [0.15, 0.2) is 0 Å². The van der Waals surface area contributed by atoms with Crippen LogP contribution in [0.1, 0.15) is 29.5 Å². The number of allylic oxidation sites excluding steroid dienone is 8. The van der Waals surface area contributed by atoms with Crippen molar-refractivity contribution >= 4 is 37.9 Å². The van der Waals surface area contributed by atoms with Crippen molar-refractivity contribution < 1.29 is 0 Å². The molecule has 0 unspecified atom stereocenters. The third-order valence-electron chi connectivity index (χ3n) is 10.2. The van der Waals surface area contributed by atoms with E-state index in [-0.39, 0.29) is 0 Å². The molecule has 9 rings (SSSR count). The molecule has 228 valence electrons. The summed E-state index contributed by atoms with van der Waals surface area (Å²) in [6.07, 6.45) is 19.5. The van der Waals surface area contributed by atoms with E-state index in [4.69, 9.17) is 0 Å². The lowest BCUT2D eigenvalue weighted by molar-refractivity contribution is 0.947. The van der Waals surface area contributed by atoms with Gasteiger partial charge in [-0.1, -0.05) is 158 Å². The highest BCUT2D eigenvalue weighted by molar-refractivity contribution is 6.22. The Kier molecular flexibility index (Phi) is 7.21. The second-order valence-corrected chi connectivity index (χ2v) is 13.0. The lowest BCUT2D eigenvalue weighted by Crippen LogP contribution is -2.07. The summed E-state index contributed by atoms with van der Waals surface area (Å²) < 4.78 is 0. The van der Waals surface area contributed by atoms with E-state index in [1.807, 2.05) is 0 Å². The second-order valence-electron chi connectivity index (χ2n) is 13.0. The van der Waals surface area contributed by atoms with Crippen LogP contribution in [0.5, 0.6) is 0 Å². The molecule has 0 saturated carbocycles. The fourth-order valence-electron chi connectivity index (χ4n) is 8.07. The highest BCUT2D eigenvalue weighted by Gasteiger charge is 2.25. The molecule has 7 aromatic carbocycles. The highest BCUT2D eigenvalue weighted by atomic mass is 14.3. The number of hydrogen-bond acceptors (Lipinski definition) is 0. The normalized spacial score (nSPS) is 17.3. The van der Waals surface area contributed by atoms with Gasteiger partial charge in [-0.05, 0) is 126 Å². The minimum absolute atomic E-state index is 0.912. The molecule has 0 fully saturated rings. The zero-order valence-electron chi connectivity index (χ0n) is 27.0. The van der Waals surface area contributed by atoms with Gasteiger partial charge in [0.25, 0.3) is 0 Å². The Bertz CT molecular complexity index is 2440. The van der Waals surface area contributed by atoms with Gasteiger partial charge in [0.2, 0.25) is 0 Å². The molecule has 48 heavy (non-hydrogen) atoms. The van der Waals surface area contributed by atoms with Gasteiger partial charge in [-0.15, -0.1) is 0 Å². The Hall–Kier alpha value is -5.72. The van der Waals surface area contributed by atoms with Gasteiger partial charge in [0.1, 0.15) is 0 Å². The number of benzene rings is 7. The maximum Gasteiger partial charge on any atom is -0.00232 e. The molecular formula is C48H36. The van der Waals surface area contributed by atoms with Gasteiger partial charge in [-0.2, -0.15) is 0 Å². The molecule has 2 aliphatic carbocycles. The largest absolute Gasteiger partial charge is 0.0807 e. The van der Waals surface area contributed by atoms with E-state index in [0.29, 0.717) is 0 Å². The van der Waals surface area contributed by atoms with Gasteiger partial charge >= 0.3 is 0 Å². The van der Waals surface area contributed by atoms with Crippen molar-refractivity contribution in [2.24, 2.45) is 0 Å². The van der Waals surface area contributed by atoms with Crippen molar-refractivity contribution in [3.8, 4) is 33.4 Å². The van der Waals surface area contributed by atoms with Crippen molar-refractivity contribution in [1.82, 2.24) is 0 Å². The van der Waals surface area contributed by atoms with Crippen molar-refractivity contribution in [3.63, 3.8) is 0 Å². The van der Waals surface area contributed by atoms with E-state index < -0.39 is 0 Å². The lowest BCUT2D eigenvalue weighted by Gasteiger charge is -2.26. The van der Waals surface area contributed by atoms with Gasteiger partial charge in [0, 0.05) is 0 Å². The van der Waals surface area contributed by atoms with Gasteiger partial charge in [-0.25, -0.2) is 0 Å². The quantitative estimate of drug-likeness (QED) is 0.174. The molecule has 0 N–H and O–H groups in total. The minimum atomic E-state index is 0.912. The molecule has 0 heteroatoms. The van der Waals surface area contributed by atoms with Crippen LogP contribution in [0, 0.1) is 0 Å². The average Bonchev–Trinajstić information content (AvgIpc) is 3.15. The van der Waals surface area contributed by atoms with E-state index in [9.17, 15) is 0 Å². The predicted molar refractivity (Wildman–Crippen MR) is 207 cm³/mol. The topological polar surface area (TPSA) is 0 Å². The summed E-state index contributed by atoms with van der Waals surface area (Å²) in [6.45, 7) is 0. The number of hydrogen-bond donors (Lipinski definition) is 0. The molecule has 0 amide bonds. The first-order valence-corrected chi connectivity index (χ1v) is 17.2. The van der Waals surface area contributed by atoms with Crippen molar-refractivity contribution in [2.75, 3.05) is 0 Å². The second kappa shape index (κ2) is 12.1. The first-order valence-electron chi connectivity index (χ1n) is 17.2. The van der Waals surface area contributed by atoms with Crippen LogP contribution >= 0.6 is 0 Å². The summed E-state index contributed by atoms with van der Waals surface area (Å²) in [6, 6.07) is 47.8. The van der Waals surface area contributed by atoms with Gasteiger partial charge in [-0.3, -0.25) is 0 Å². The number of fused-ring (bicyclic) bond motifs is 7. The number of aryl methyl sites for hydroxylation is 1. The maximum absolute atomic E-state index is 2.47. The summed E-state index contributed by atoms with van der Waals surface area (Å²) in [7, 11) is 0. The smallest absolute Gasteiger partial charge is 0.00232 e. The van der Waals surface area contributed by atoms with Gasteiger partial charge in [0.05, 0.1) is 0 Å². The molecule has 0 spiro atoms. The molecule has 0 bridgehead atoms. The van der Waals surface area contributed by atoms with E-state index in [1.165, 1.54) is 88.0 Å². The monoisotopic (exact) mass is 612 g/mol. The van der Waals surface area contributed by atoms with Gasteiger partial charge < -0.3 is 0 Å². The summed E-state index contributed by atoms with van der Waals surface area (Å²) in [5.41, 5.74) is 13.5. The summed E-state index contributed by atoms with van der Waals surface area (Å²) >= 11 is 0. The molecule has 7 aromatic rings. The average molecular weight is 613 g/mol. The third kappa shape index (κ3) is 4.84. The van der Waals surface area contributed by atoms with E-state index in [2.05, 4.69) is 170 Å². The number of rotatable bonds is 3. The van der Waals surface area contributed by atoms with Crippen LogP contribution in [0.25, 0.3) is 71.3 Å². The molecule has 0 atom stereocenters. The first-order chi connectivity index (χ1) is 23.8. The fraction of sp³-hybridized carbons (Fsp3) is 0.0833. The van der Waals surface area contributed by atoms with Crippen LogP contribution in [-0.2, 0) is 12.8 Å². The SMILES string of the molecule is C1=C\C/C=C\C(c2cccc(-c3c4ccccc4c(-c4cc5ccccc5c5c4CCc4ccccc4-5)c4ccccc34)c2)=C/C\C=C/1. The summed E-state index contributed by atoms with van der Waals surface area (Å²) in [5.74, 6) is 0. The van der Waals surface area contributed by atoms with E-state index >= 15 is 0 Å². The zero-order chi connectivity index (χ0) is 31.9. The van der Waals surface area contributed by atoms with E-state index in [0.717, 1.165) is 25.7 Å². The van der Waals surface area contributed by atoms with Crippen LogP contribution in [0.15, 0.2) is 170 Å². The molecule has 0 heterocycles. The Balaban J connectivity index is 1.32. The maximum atomic E-state index is 2.47. The highest BCUT2D eigenvalue weighted by Crippen LogP contribution is 2.49. The van der Waals surface area contributed by atoms with Crippen LogP contribution in [0.3, 0.4) is 0 Å². The fourth-order valence-corrected chi connectivity index (χ4v) is 8.07. The summed E-state index contributed by atoms with van der Waals surface area (Å²) in [4.78, 5) is 0. The van der Waals surface area contributed by atoms with E-state index in [1.54, 1.807) is 0 Å². The van der Waals surface area contributed by atoms with Crippen LogP contribution in [0.2, 0.25) is 0 Å². The Morgan fingerprint density at radius 3 is 1.85 bits per heavy atom. The zero-order valence-corrected chi connectivity index (χ0v) is 27.0. The molecule has 0 saturated heterocycles. The third-order valence-corrected chi connectivity index (χ3v) is 10.2. The molecule has 0 aromatic heterocycles. The predicted octanol–water partition coefficient (Wildman–Crippen LogP) is 13.1. The Morgan fingerprint density at radius 1 is 0.417 bits per heavy atom. The van der Waals surface area contributed by atoms with Crippen molar-refractivity contribution in [1.29, 1.82) is 0 Å². The molecule has 0 aliphatic heterocycles. The van der Waals surface area contributed by atoms with Crippen LogP contribution < -0.4 is 0 Å². The van der Waals surface area contributed by atoms with Crippen LogP contribution in [-0.4, -0.2) is 0 Å². The minimum Gasteiger partial charge on any atom is -0.0807 e. The lowest BCUT2D eigenvalue weighted by atomic mass is 9.77.